The minimum absolute atomic E-state index is 0.125. The summed E-state index contributed by atoms with van der Waals surface area (Å²) in [5.41, 5.74) is 2.63. The lowest BCUT2D eigenvalue weighted by Gasteiger charge is -2.12. The van der Waals surface area contributed by atoms with E-state index in [0.29, 0.717) is 0 Å². The molecule has 24 heavy (non-hydrogen) atoms. The molecule has 0 radical (unpaired) electrons. The van der Waals surface area contributed by atoms with Gasteiger partial charge in [-0.15, -0.1) is 0 Å². The summed E-state index contributed by atoms with van der Waals surface area (Å²) in [6.07, 6.45) is 7.03. The number of aryl methyl sites for hydroxylation is 1. The van der Waals surface area contributed by atoms with Crippen molar-refractivity contribution in [3.8, 4) is 5.69 Å². The van der Waals surface area contributed by atoms with Gasteiger partial charge in [0.2, 0.25) is 5.91 Å². The molecule has 1 aromatic carbocycles. The Labute approximate surface area is 138 Å². The number of halogens is 1. The molecule has 124 valence electrons. The summed E-state index contributed by atoms with van der Waals surface area (Å²) in [5.74, 6) is -0.416. The summed E-state index contributed by atoms with van der Waals surface area (Å²) in [5, 5.41) is 11.3. The molecule has 0 aliphatic carbocycles. The third-order valence-corrected chi connectivity index (χ3v) is 3.64. The molecular weight excluding hydrogens is 309 g/mol. The molecule has 0 bridgehead atoms. The zero-order valence-corrected chi connectivity index (χ0v) is 13.5. The van der Waals surface area contributed by atoms with Crippen LogP contribution in [0.5, 0.6) is 0 Å². The maximum Gasteiger partial charge on any atom is 0.242 e. The van der Waals surface area contributed by atoms with E-state index in [1.807, 2.05) is 26.2 Å². The first-order valence-electron chi connectivity index (χ1n) is 7.60. The Hall–Kier alpha value is -2.96. The van der Waals surface area contributed by atoms with E-state index in [2.05, 4.69) is 15.5 Å². The molecule has 2 heterocycles. The predicted molar refractivity (Wildman–Crippen MR) is 87.0 cm³/mol. The van der Waals surface area contributed by atoms with Crippen LogP contribution < -0.4 is 5.32 Å². The van der Waals surface area contributed by atoms with Crippen molar-refractivity contribution in [2.75, 3.05) is 0 Å². The van der Waals surface area contributed by atoms with Crippen molar-refractivity contribution >= 4 is 5.91 Å². The van der Waals surface area contributed by atoms with Gasteiger partial charge >= 0.3 is 0 Å². The number of nitrogens with zero attached hydrogens (tertiary/aromatic N) is 4. The lowest BCUT2D eigenvalue weighted by molar-refractivity contribution is -0.122. The molecule has 1 amide bonds. The number of rotatable bonds is 5. The molecule has 2 aromatic heterocycles. The number of aromatic nitrogens is 4. The Kier molecular flexibility index (Phi) is 4.41. The number of hydrogen-bond donors (Lipinski definition) is 1. The van der Waals surface area contributed by atoms with Gasteiger partial charge in [0, 0.05) is 18.0 Å². The van der Waals surface area contributed by atoms with Crippen molar-refractivity contribution < 1.29 is 9.18 Å². The molecule has 1 unspecified atom stereocenters. The van der Waals surface area contributed by atoms with Crippen LogP contribution >= 0.6 is 0 Å². The SMILES string of the molecule is Cc1cnn(CC(=O)NC(C)c2cnn(-c3ccc(F)cc3)c2)c1. The highest BCUT2D eigenvalue weighted by atomic mass is 19.1. The van der Waals surface area contributed by atoms with Crippen LogP contribution in [0.3, 0.4) is 0 Å². The number of hydrogen-bond acceptors (Lipinski definition) is 3. The van der Waals surface area contributed by atoms with Gasteiger partial charge in [-0.05, 0) is 43.7 Å². The van der Waals surface area contributed by atoms with Gasteiger partial charge in [0.25, 0.3) is 0 Å². The molecule has 0 aliphatic heterocycles. The molecule has 3 rings (SSSR count). The van der Waals surface area contributed by atoms with Gasteiger partial charge in [-0.2, -0.15) is 10.2 Å². The Balaban J connectivity index is 1.64. The summed E-state index contributed by atoms with van der Waals surface area (Å²) < 4.78 is 16.2. The van der Waals surface area contributed by atoms with Crippen LogP contribution in [-0.4, -0.2) is 25.5 Å². The quantitative estimate of drug-likeness (QED) is 0.782. The maximum absolute atomic E-state index is 13.0. The topological polar surface area (TPSA) is 64.7 Å². The zero-order chi connectivity index (χ0) is 17.1. The Morgan fingerprint density at radius 2 is 1.96 bits per heavy atom. The van der Waals surface area contributed by atoms with Crippen LogP contribution in [-0.2, 0) is 11.3 Å². The van der Waals surface area contributed by atoms with E-state index in [4.69, 9.17) is 0 Å². The predicted octanol–water partition coefficient (Wildman–Crippen LogP) is 2.39. The summed E-state index contributed by atoms with van der Waals surface area (Å²) in [7, 11) is 0. The molecule has 6 nitrogen and oxygen atoms in total. The van der Waals surface area contributed by atoms with E-state index in [9.17, 15) is 9.18 Å². The summed E-state index contributed by atoms with van der Waals surface area (Å²) in [6, 6.07) is 5.87. The second kappa shape index (κ2) is 6.66. The van der Waals surface area contributed by atoms with Gasteiger partial charge in [-0.1, -0.05) is 0 Å². The van der Waals surface area contributed by atoms with Crippen LogP contribution in [0.25, 0.3) is 5.69 Å². The molecule has 7 heteroatoms. The molecule has 0 aliphatic rings. The summed E-state index contributed by atoms with van der Waals surface area (Å²) >= 11 is 0. The van der Waals surface area contributed by atoms with Crippen molar-refractivity contribution in [1.29, 1.82) is 0 Å². The van der Waals surface area contributed by atoms with E-state index < -0.39 is 0 Å². The van der Waals surface area contributed by atoms with Gasteiger partial charge in [-0.25, -0.2) is 9.07 Å². The largest absolute Gasteiger partial charge is 0.348 e. The molecule has 0 fully saturated rings. The van der Waals surface area contributed by atoms with Gasteiger partial charge in [0.15, 0.2) is 0 Å². The highest BCUT2D eigenvalue weighted by molar-refractivity contribution is 5.76. The normalized spacial score (nSPS) is 12.1. The van der Waals surface area contributed by atoms with E-state index in [1.165, 1.54) is 12.1 Å². The van der Waals surface area contributed by atoms with Gasteiger partial charge in [0.05, 0.1) is 24.1 Å². The van der Waals surface area contributed by atoms with Gasteiger partial charge in [0.1, 0.15) is 12.4 Å². The van der Waals surface area contributed by atoms with Crippen molar-refractivity contribution in [1.82, 2.24) is 24.9 Å². The lowest BCUT2D eigenvalue weighted by atomic mass is 10.2. The van der Waals surface area contributed by atoms with Crippen LogP contribution in [0.15, 0.2) is 49.1 Å². The smallest absolute Gasteiger partial charge is 0.242 e. The molecule has 0 saturated heterocycles. The molecule has 1 atom stereocenters. The summed E-state index contributed by atoms with van der Waals surface area (Å²) in [6.45, 7) is 3.98. The Bertz CT molecular complexity index is 837. The third-order valence-electron chi connectivity index (χ3n) is 3.64. The van der Waals surface area contributed by atoms with Crippen molar-refractivity contribution in [3.63, 3.8) is 0 Å². The van der Waals surface area contributed by atoms with E-state index in [1.54, 1.807) is 33.9 Å². The van der Waals surface area contributed by atoms with E-state index >= 15 is 0 Å². The monoisotopic (exact) mass is 327 g/mol. The average molecular weight is 327 g/mol. The minimum Gasteiger partial charge on any atom is -0.348 e. The fourth-order valence-electron chi connectivity index (χ4n) is 2.37. The van der Waals surface area contributed by atoms with Crippen molar-refractivity contribution in [2.24, 2.45) is 0 Å². The first-order valence-corrected chi connectivity index (χ1v) is 7.60. The fourth-order valence-corrected chi connectivity index (χ4v) is 2.37. The fraction of sp³-hybridized carbons (Fsp3) is 0.235. The second-order valence-corrected chi connectivity index (χ2v) is 5.70. The van der Waals surface area contributed by atoms with Crippen LogP contribution in [0.4, 0.5) is 4.39 Å². The number of carbonyl (C=O) groups excluding carboxylic acids is 1. The number of benzene rings is 1. The molecule has 0 saturated carbocycles. The Morgan fingerprint density at radius 1 is 1.21 bits per heavy atom. The van der Waals surface area contributed by atoms with Crippen molar-refractivity contribution in [3.05, 3.63) is 66.0 Å². The zero-order valence-electron chi connectivity index (χ0n) is 13.5. The standard InChI is InChI=1S/C17H18FN5O/c1-12-7-19-22(9-12)11-17(24)21-13(2)14-8-20-23(10-14)16-5-3-15(18)4-6-16/h3-10,13H,11H2,1-2H3,(H,21,24). The minimum atomic E-state index is -0.291. The average Bonchev–Trinajstić information content (AvgIpc) is 3.17. The number of amides is 1. The van der Waals surface area contributed by atoms with Gasteiger partial charge < -0.3 is 5.32 Å². The second-order valence-electron chi connectivity index (χ2n) is 5.70. The lowest BCUT2D eigenvalue weighted by Crippen LogP contribution is -2.30. The van der Waals surface area contributed by atoms with Crippen LogP contribution in [0.1, 0.15) is 24.1 Å². The molecule has 1 N–H and O–H groups in total. The highest BCUT2D eigenvalue weighted by Crippen LogP contribution is 2.15. The number of carbonyl (C=O) groups is 1. The highest BCUT2D eigenvalue weighted by Gasteiger charge is 2.13. The van der Waals surface area contributed by atoms with Crippen LogP contribution in [0, 0.1) is 12.7 Å². The summed E-state index contributed by atoms with van der Waals surface area (Å²) in [4.78, 5) is 12.1. The third kappa shape index (κ3) is 3.68. The molecular formula is C17H18FN5O. The van der Waals surface area contributed by atoms with E-state index in [-0.39, 0.29) is 24.3 Å². The van der Waals surface area contributed by atoms with Gasteiger partial charge in [-0.3, -0.25) is 9.48 Å². The number of nitrogens with one attached hydrogen (secondary N) is 1. The first kappa shape index (κ1) is 15.9. The first-order chi connectivity index (χ1) is 11.5. The van der Waals surface area contributed by atoms with Crippen molar-refractivity contribution in [2.45, 2.75) is 26.4 Å². The van der Waals surface area contributed by atoms with E-state index in [0.717, 1.165) is 16.8 Å². The van der Waals surface area contributed by atoms with Crippen LogP contribution in [0.2, 0.25) is 0 Å². The molecule has 0 spiro atoms. The Morgan fingerprint density at radius 3 is 2.62 bits per heavy atom. The maximum atomic E-state index is 13.0. The molecule has 3 aromatic rings.